The molecular formula is C18H14N2O6S. The highest BCUT2D eigenvalue weighted by Gasteiger charge is 2.41. The Kier molecular flexibility index (Phi) is 5.13. The second-order valence-corrected chi connectivity index (χ2v) is 6.82. The summed E-state index contributed by atoms with van der Waals surface area (Å²) in [7, 11) is 0. The molecule has 0 aromatic heterocycles. The summed E-state index contributed by atoms with van der Waals surface area (Å²) in [6.07, 6.45) is -0.293. The number of para-hydroxylation sites is 1. The third kappa shape index (κ3) is 3.93. The highest BCUT2D eigenvalue weighted by molar-refractivity contribution is 8.15. The number of carboxylic acid groups (broad SMARTS) is 1. The van der Waals surface area contributed by atoms with Gasteiger partial charge in [-0.3, -0.25) is 14.4 Å². The van der Waals surface area contributed by atoms with Crippen molar-refractivity contribution in [2.24, 2.45) is 0 Å². The van der Waals surface area contributed by atoms with E-state index in [1.807, 2.05) is 0 Å². The molecule has 3 amide bonds. The maximum Gasteiger partial charge on any atom is 0.337 e. The number of hydrogen-bond donors (Lipinski definition) is 3. The van der Waals surface area contributed by atoms with Crippen LogP contribution in [0, 0.1) is 0 Å². The van der Waals surface area contributed by atoms with Crippen LogP contribution >= 0.6 is 11.8 Å². The maximum absolute atomic E-state index is 12.5. The molecular weight excluding hydrogens is 372 g/mol. The number of anilines is 2. The fourth-order valence-electron chi connectivity index (χ4n) is 2.59. The molecule has 3 N–H and O–H groups in total. The van der Waals surface area contributed by atoms with Crippen LogP contribution in [0.5, 0.6) is 5.75 Å². The zero-order valence-electron chi connectivity index (χ0n) is 13.8. The van der Waals surface area contributed by atoms with Crippen LogP contribution < -0.4 is 10.2 Å². The van der Waals surface area contributed by atoms with Crippen LogP contribution in [0.25, 0.3) is 0 Å². The van der Waals surface area contributed by atoms with E-state index in [-0.39, 0.29) is 23.4 Å². The highest BCUT2D eigenvalue weighted by Crippen LogP contribution is 2.33. The molecule has 3 rings (SSSR count). The van der Waals surface area contributed by atoms with Gasteiger partial charge in [0.05, 0.1) is 16.9 Å². The molecule has 1 atom stereocenters. The van der Waals surface area contributed by atoms with Gasteiger partial charge in [-0.05, 0) is 42.1 Å². The van der Waals surface area contributed by atoms with Crippen LogP contribution in [0.4, 0.5) is 16.2 Å². The molecule has 0 radical (unpaired) electrons. The number of carboxylic acids is 1. The SMILES string of the molecule is O=C(C[C@@H]1SC(=O)N(c2ccccc2)C1=O)Nc1ccc(O)cc1C(=O)O. The summed E-state index contributed by atoms with van der Waals surface area (Å²) in [6, 6.07) is 11.9. The molecule has 138 valence electrons. The van der Waals surface area contributed by atoms with Crippen LogP contribution in [-0.4, -0.2) is 38.5 Å². The first-order valence-electron chi connectivity index (χ1n) is 7.82. The number of phenolic OH excluding ortho intramolecular Hbond substituents is 1. The number of hydrogen-bond acceptors (Lipinski definition) is 6. The van der Waals surface area contributed by atoms with Gasteiger partial charge in [0.25, 0.3) is 5.24 Å². The van der Waals surface area contributed by atoms with Crippen molar-refractivity contribution in [1.82, 2.24) is 0 Å². The van der Waals surface area contributed by atoms with Gasteiger partial charge in [0, 0.05) is 6.42 Å². The van der Waals surface area contributed by atoms with E-state index in [0.29, 0.717) is 5.69 Å². The van der Waals surface area contributed by atoms with Crippen molar-refractivity contribution in [2.45, 2.75) is 11.7 Å². The lowest BCUT2D eigenvalue weighted by Gasteiger charge is -2.14. The van der Waals surface area contributed by atoms with Gasteiger partial charge in [-0.25, -0.2) is 9.69 Å². The van der Waals surface area contributed by atoms with Gasteiger partial charge < -0.3 is 15.5 Å². The number of nitrogens with zero attached hydrogens (tertiary/aromatic N) is 1. The van der Waals surface area contributed by atoms with E-state index in [0.717, 1.165) is 22.7 Å². The molecule has 1 saturated heterocycles. The Bertz CT molecular complexity index is 931. The molecule has 8 nitrogen and oxygen atoms in total. The van der Waals surface area contributed by atoms with Crippen molar-refractivity contribution >= 4 is 46.2 Å². The lowest BCUT2D eigenvalue weighted by Crippen LogP contribution is -2.33. The number of carbonyl (C=O) groups excluding carboxylic acids is 3. The minimum absolute atomic E-state index is 0.00742. The smallest absolute Gasteiger partial charge is 0.337 e. The van der Waals surface area contributed by atoms with Crippen molar-refractivity contribution in [3.8, 4) is 5.75 Å². The quantitative estimate of drug-likeness (QED) is 0.675. The molecule has 1 heterocycles. The lowest BCUT2D eigenvalue weighted by molar-refractivity contribution is -0.121. The lowest BCUT2D eigenvalue weighted by atomic mass is 10.1. The average Bonchev–Trinajstić information content (AvgIpc) is 2.90. The maximum atomic E-state index is 12.5. The van der Waals surface area contributed by atoms with Gasteiger partial charge in [-0.15, -0.1) is 0 Å². The van der Waals surface area contributed by atoms with E-state index in [9.17, 15) is 24.3 Å². The van der Waals surface area contributed by atoms with Crippen molar-refractivity contribution in [3.05, 3.63) is 54.1 Å². The van der Waals surface area contributed by atoms with E-state index in [1.54, 1.807) is 30.3 Å². The molecule has 2 aromatic carbocycles. The zero-order valence-corrected chi connectivity index (χ0v) is 14.6. The molecule has 1 aliphatic heterocycles. The summed E-state index contributed by atoms with van der Waals surface area (Å²) in [5, 5.41) is 19.6. The van der Waals surface area contributed by atoms with Gasteiger partial charge in [0.15, 0.2) is 0 Å². The average molecular weight is 386 g/mol. The van der Waals surface area contributed by atoms with Gasteiger partial charge in [-0.2, -0.15) is 0 Å². The minimum atomic E-state index is -1.32. The summed E-state index contributed by atoms with van der Waals surface area (Å²) in [4.78, 5) is 49.2. The van der Waals surface area contributed by atoms with Crippen molar-refractivity contribution in [1.29, 1.82) is 0 Å². The third-order valence-corrected chi connectivity index (χ3v) is 4.85. The Labute approximate surface area is 157 Å². The first-order chi connectivity index (χ1) is 12.9. The number of nitrogens with one attached hydrogen (secondary N) is 1. The summed E-state index contributed by atoms with van der Waals surface area (Å²) in [5.41, 5.74) is 0.136. The van der Waals surface area contributed by atoms with E-state index in [4.69, 9.17) is 5.11 Å². The number of amides is 3. The monoisotopic (exact) mass is 386 g/mol. The van der Waals surface area contributed by atoms with Crippen LogP contribution in [0.3, 0.4) is 0 Å². The summed E-state index contributed by atoms with van der Waals surface area (Å²) in [6.45, 7) is 0. The third-order valence-electron chi connectivity index (χ3n) is 3.81. The number of rotatable bonds is 5. The first kappa shape index (κ1) is 18.5. The number of benzene rings is 2. The molecule has 0 saturated carbocycles. The van der Waals surface area contributed by atoms with Crippen LogP contribution in [0.1, 0.15) is 16.8 Å². The molecule has 9 heteroatoms. The highest BCUT2D eigenvalue weighted by atomic mass is 32.2. The normalized spacial score (nSPS) is 16.4. The van der Waals surface area contributed by atoms with Crippen molar-refractivity contribution in [3.63, 3.8) is 0 Å². The van der Waals surface area contributed by atoms with Crippen LogP contribution in [0.15, 0.2) is 48.5 Å². The van der Waals surface area contributed by atoms with E-state index < -0.39 is 28.3 Å². The van der Waals surface area contributed by atoms with Crippen LogP contribution in [0.2, 0.25) is 0 Å². The Morgan fingerprint density at radius 3 is 2.48 bits per heavy atom. The number of thioether (sulfide) groups is 1. The van der Waals surface area contributed by atoms with Gasteiger partial charge in [-0.1, -0.05) is 18.2 Å². The Morgan fingerprint density at radius 1 is 1.11 bits per heavy atom. The fourth-order valence-corrected chi connectivity index (χ4v) is 3.57. The van der Waals surface area contributed by atoms with E-state index >= 15 is 0 Å². The Morgan fingerprint density at radius 2 is 1.81 bits per heavy atom. The standard InChI is InChI=1S/C18H14N2O6S/c21-11-6-7-13(12(8-11)17(24)25)19-15(22)9-14-16(23)20(18(26)27-14)10-4-2-1-3-5-10/h1-8,14,21H,9H2,(H,19,22)(H,24,25)/t14-/m0/s1. The Hall–Kier alpha value is -3.33. The molecule has 0 spiro atoms. The molecule has 0 bridgehead atoms. The molecule has 27 heavy (non-hydrogen) atoms. The fraction of sp³-hybridized carbons (Fsp3) is 0.111. The first-order valence-corrected chi connectivity index (χ1v) is 8.70. The zero-order chi connectivity index (χ0) is 19.6. The number of imide groups is 1. The number of aromatic hydroxyl groups is 1. The molecule has 0 aliphatic carbocycles. The van der Waals surface area contributed by atoms with Crippen LogP contribution in [-0.2, 0) is 9.59 Å². The summed E-state index contributed by atoms with van der Waals surface area (Å²) in [5.74, 6) is -2.69. The predicted molar refractivity (Wildman–Crippen MR) is 99.0 cm³/mol. The number of carbonyl (C=O) groups is 4. The molecule has 1 aliphatic rings. The Balaban J connectivity index is 1.71. The largest absolute Gasteiger partial charge is 0.508 e. The predicted octanol–water partition coefficient (Wildman–Crippen LogP) is 2.69. The number of aromatic carboxylic acids is 1. The van der Waals surface area contributed by atoms with Crippen molar-refractivity contribution < 1.29 is 29.4 Å². The van der Waals surface area contributed by atoms with Crippen molar-refractivity contribution in [2.75, 3.05) is 10.2 Å². The van der Waals surface area contributed by atoms with Gasteiger partial charge in [0.1, 0.15) is 11.0 Å². The molecule has 0 unspecified atom stereocenters. The summed E-state index contributed by atoms with van der Waals surface area (Å²) >= 11 is 0.749. The van der Waals surface area contributed by atoms with Gasteiger partial charge in [0.2, 0.25) is 11.8 Å². The van der Waals surface area contributed by atoms with E-state index in [2.05, 4.69) is 5.32 Å². The number of phenols is 1. The topological polar surface area (TPSA) is 124 Å². The second kappa shape index (κ2) is 7.50. The summed E-state index contributed by atoms with van der Waals surface area (Å²) < 4.78 is 0. The second-order valence-electron chi connectivity index (χ2n) is 5.67. The minimum Gasteiger partial charge on any atom is -0.508 e. The van der Waals surface area contributed by atoms with E-state index in [1.165, 1.54) is 12.1 Å². The van der Waals surface area contributed by atoms with Gasteiger partial charge >= 0.3 is 5.97 Å². The molecule has 1 fully saturated rings. The molecule has 2 aromatic rings.